The smallest absolute Gasteiger partial charge is 0.207 e. The third-order valence-electron chi connectivity index (χ3n) is 19.9. The second-order valence-corrected chi connectivity index (χ2v) is 34.5. The number of carbonyl (C=O) groups excluding carboxylic acids is 2. The molecule has 4 N–H and O–H groups in total. The van der Waals surface area contributed by atoms with E-state index in [1.807, 2.05) is 56.3 Å². The lowest BCUT2D eigenvalue weighted by Gasteiger charge is -2.30. The molecule has 576 valence electrons. The van der Waals surface area contributed by atoms with Crippen LogP contribution >= 0.6 is 79.6 Å². The van der Waals surface area contributed by atoms with E-state index in [9.17, 15) is 22.8 Å². The van der Waals surface area contributed by atoms with Gasteiger partial charge in [-0.2, -0.15) is 0 Å². The van der Waals surface area contributed by atoms with Crippen molar-refractivity contribution >= 4 is 91.8 Å². The van der Waals surface area contributed by atoms with E-state index in [-0.39, 0.29) is 60.3 Å². The minimum Gasteiger partial charge on any atom is -0.381 e. The molecule has 0 spiro atoms. The van der Waals surface area contributed by atoms with Crippen molar-refractivity contribution < 1.29 is 32.2 Å². The lowest BCUT2D eigenvalue weighted by molar-refractivity contribution is -0.123. The summed E-state index contributed by atoms with van der Waals surface area (Å²) < 4.78 is 55.9. The SMILES string of the molecule is C.C=C(C(C)C)C(CNC1CCOCC1)c1ccc(Br)c(F)c1.C=C(C(C)C)[C@H](CN(CC1CC1)CC1CC1)c1ccc(Br)cc1.C=C(C(C)C)[C@H](CNC(C)C)c1ccc(Br)c(F)c1.C=C(C(C)C)[C@H](CNC1CCOCC1)c1ccc(Br)c(F)c1.CC(C)C(=O)[C@H](CNC=O)c1ccc(Br)cc1. The van der Waals surface area contributed by atoms with Crippen molar-refractivity contribution in [1.29, 1.82) is 0 Å². The van der Waals surface area contributed by atoms with Crippen LogP contribution in [0.15, 0.2) is 174 Å². The summed E-state index contributed by atoms with van der Waals surface area (Å²) in [4.78, 5) is 25.2. The van der Waals surface area contributed by atoms with E-state index >= 15 is 0 Å². The molecule has 0 bridgehead atoms. The molecule has 2 heterocycles. The van der Waals surface area contributed by atoms with E-state index in [2.05, 4.69) is 226 Å². The zero-order valence-electron chi connectivity index (χ0n) is 63.4. The molecule has 1 unspecified atom stereocenters. The molecule has 2 aliphatic carbocycles. The average Bonchev–Trinajstić information content (AvgIpc) is 1.10. The monoisotopic (exact) mass is 1750 g/mol. The van der Waals surface area contributed by atoms with Crippen LogP contribution in [-0.2, 0) is 19.1 Å². The number of Topliss-reactive ketones (excluding diaryl/α,β-unsaturated/α-hetero) is 1. The van der Waals surface area contributed by atoms with Gasteiger partial charge in [0.2, 0.25) is 6.41 Å². The van der Waals surface area contributed by atoms with Gasteiger partial charge in [0.1, 0.15) is 23.2 Å². The summed E-state index contributed by atoms with van der Waals surface area (Å²) in [6.45, 7) is 52.2. The summed E-state index contributed by atoms with van der Waals surface area (Å²) in [5.74, 6) is 3.62. The number of ether oxygens (including phenoxy) is 2. The second-order valence-electron chi connectivity index (χ2n) is 30.1. The minimum atomic E-state index is -0.270. The maximum absolute atomic E-state index is 13.9. The van der Waals surface area contributed by atoms with Gasteiger partial charge in [0.25, 0.3) is 0 Å². The van der Waals surface area contributed by atoms with Gasteiger partial charge in [-0.25, -0.2) is 13.2 Å². The summed E-state index contributed by atoms with van der Waals surface area (Å²) >= 11 is 16.5. The Morgan fingerprint density at radius 2 is 0.769 bits per heavy atom. The zero-order chi connectivity index (χ0) is 76.0. The summed E-state index contributed by atoms with van der Waals surface area (Å²) in [5, 5.41) is 13.2. The minimum absolute atomic E-state index is 0. The van der Waals surface area contributed by atoms with E-state index in [1.54, 1.807) is 36.4 Å². The largest absolute Gasteiger partial charge is 0.381 e. The van der Waals surface area contributed by atoms with Gasteiger partial charge in [-0.15, -0.1) is 0 Å². The summed E-state index contributed by atoms with van der Waals surface area (Å²) in [5.41, 5.74) is 10.1. The molecule has 5 atom stereocenters. The Bertz CT molecular complexity index is 3310. The number of halogens is 8. The molecule has 17 heteroatoms. The van der Waals surface area contributed by atoms with E-state index < -0.39 is 0 Å². The second kappa shape index (κ2) is 47.9. The quantitative estimate of drug-likeness (QED) is 0.0243. The van der Waals surface area contributed by atoms with Crippen molar-refractivity contribution in [3.05, 3.63) is 219 Å². The summed E-state index contributed by atoms with van der Waals surface area (Å²) in [7, 11) is 0. The molecular weight excluding hydrogens is 1640 g/mol. The van der Waals surface area contributed by atoms with Crippen LogP contribution in [0.4, 0.5) is 13.2 Å². The van der Waals surface area contributed by atoms with Gasteiger partial charge >= 0.3 is 0 Å². The molecule has 5 aromatic rings. The molecule has 9 rings (SSSR count). The van der Waals surface area contributed by atoms with Crippen molar-refractivity contribution in [2.45, 2.75) is 190 Å². The molecule has 2 saturated heterocycles. The first-order valence-corrected chi connectivity index (χ1v) is 41.2. The first-order valence-electron chi connectivity index (χ1n) is 37.3. The highest BCUT2D eigenvalue weighted by Crippen LogP contribution is 2.39. The molecule has 4 aliphatic rings. The number of amides is 1. The number of ketones is 1. The first-order chi connectivity index (χ1) is 48.9. The number of benzene rings is 5. The maximum Gasteiger partial charge on any atom is 0.207 e. The van der Waals surface area contributed by atoms with Crippen LogP contribution in [0, 0.1) is 58.9 Å². The number of carbonyl (C=O) groups is 2. The van der Waals surface area contributed by atoms with Gasteiger partial charge in [-0.1, -0.05) is 213 Å². The molecular formula is C87H123Br5F3N5O4. The Morgan fingerprint density at radius 1 is 0.452 bits per heavy atom. The van der Waals surface area contributed by atoms with Crippen molar-refractivity contribution in [3.63, 3.8) is 0 Å². The van der Waals surface area contributed by atoms with Gasteiger partial charge in [0.05, 0.1) is 19.3 Å². The molecule has 1 amide bonds. The highest BCUT2D eigenvalue weighted by atomic mass is 79.9. The molecule has 0 radical (unpaired) electrons. The lowest BCUT2D eigenvalue weighted by atomic mass is 9.85. The normalized spacial score (nSPS) is 16.1. The van der Waals surface area contributed by atoms with E-state index in [0.717, 1.165) is 138 Å². The zero-order valence-corrected chi connectivity index (χ0v) is 71.3. The Morgan fingerprint density at radius 3 is 1.07 bits per heavy atom. The molecule has 5 aromatic carbocycles. The Kier molecular flexibility index (Phi) is 42.7. The number of nitrogens with one attached hydrogen (secondary N) is 4. The number of hydrogen-bond donors (Lipinski definition) is 4. The van der Waals surface area contributed by atoms with Crippen LogP contribution < -0.4 is 21.3 Å². The van der Waals surface area contributed by atoms with Crippen LogP contribution in [0.3, 0.4) is 0 Å². The van der Waals surface area contributed by atoms with Gasteiger partial charge in [-0.3, -0.25) is 9.59 Å². The van der Waals surface area contributed by atoms with Crippen LogP contribution in [0.25, 0.3) is 0 Å². The van der Waals surface area contributed by atoms with Crippen molar-refractivity contribution in [1.82, 2.24) is 26.2 Å². The fourth-order valence-corrected chi connectivity index (χ4v) is 13.8. The van der Waals surface area contributed by atoms with Crippen LogP contribution in [-0.4, -0.2) is 107 Å². The van der Waals surface area contributed by atoms with Gasteiger partial charge in [0.15, 0.2) is 0 Å². The summed E-state index contributed by atoms with van der Waals surface area (Å²) in [6, 6.07) is 34.0. The predicted molar refractivity (Wildman–Crippen MR) is 450 cm³/mol. The van der Waals surface area contributed by atoms with Gasteiger partial charge in [-0.05, 0) is 223 Å². The average molecular weight is 1760 g/mol. The number of hydrogen-bond acceptors (Lipinski definition) is 8. The molecule has 2 aliphatic heterocycles. The van der Waals surface area contributed by atoms with E-state index in [1.165, 1.54) is 49.9 Å². The van der Waals surface area contributed by atoms with Gasteiger partial charge in [0, 0.05) is 129 Å². The number of rotatable bonds is 33. The maximum atomic E-state index is 13.9. The van der Waals surface area contributed by atoms with Crippen LogP contribution in [0.1, 0.15) is 199 Å². The van der Waals surface area contributed by atoms with Crippen molar-refractivity contribution in [3.8, 4) is 0 Å². The highest BCUT2D eigenvalue weighted by Gasteiger charge is 2.32. The Hall–Kier alpha value is -3.85. The Labute approximate surface area is 667 Å². The third-order valence-corrected chi connectivity index (χ3v) is 22.9. The molecule has 104 heavy (non-hydrogen) atoms. The predicted octanol–water partition coefficient (Wildman–Crippen LogP) is 23.2. The highest BCUT2D eigenvalue weighted by molar-refractivity contribution is 9.11. The van der Waals surface area contributed by atoms with Gasteiger partial charge < -0.3 is 35.6 Å². The topological polar surface area (TPSA) is 104 Å². The fourth-order valence-electron chi connectivity index (χ4n) is 12.5. The lowest BCUT2D eigenvalue weighted by Crippen LogP contribution is -2.37. The Balaban J connectivity index is 0.000000276. The van der Waals surface area contributed by atoms with E-state index in [0.29, 0.717) is 74.1 Å². The molecule has 2 saturated carbocycles. The molecule has 9 nitrogen and oxygen atoms in total. The third kappa shape index (κ3) is 32.8. The summed E-state index contributed by atoms with van der Waals surface area (Å²) in [6.07, 6.45) is 10.5. The number of nitrogens with zero attached hydrogens (tertiary/aromatic N) is 1. The molecule has 0 aromatic heterocycles. The van der Waals surface area contributed by atoms with Crippen LogP contribution in [0.5, 0.6) is 0 Å². The first kappa shape index (κ1) is 92.5. The standard InChI is InChI=1S/C21H30BrN.2C18H25BrFNO.C16H23BrFN.C13H16BrNO2.CH4/c1-15(2)16(3)21(19-8-10-20(22)11-9-19)14-23(12-17-4-5-17)13-18-6-7-18;2*1-12(2)13(3)16(11-21-15-6-8-22-9-7-15)14-4-5-17(19)18(20)10-14;1-10(2)12(5)14(9-19-11(3)4)13-6-7-15(17)16(18)8-13;1-9(2)13(17)12(7-15-8-16)10-3-5-11(14)6-4-10;/h8-11,15,17-18,21H,3-7,12-14H2,1-2H3;2*4-5,10,12,15-16,21H,3,6-9,11H2,1-2H3;6-8,10-11,14,19H,5,9H2,1-4H3;3-6,8-9,12H,7H2,1-2H3,(H,15,16);1H4/t21-;16-;;14-;12-;/m00.01./s1. The van der Waals surface area contributed by atoms with Crippen LogP contribution in [0.2, 0.25) is 0 Å². The van der Waals surface area contributed by atoms with E-state index in [4.69, 9.17) is 9.47 Å². The van der Waals surface area contributed by atoms with Crippen molar-refractivity contribution in [2.75, 3.05) is 72.2 Å². The van der Waals surface area contributed by atoms with Crippen molar-refractivity contribution in [2.24, 2.45) is 41.4 Å². The molecule has 4 fully saturated rings. The fraction of sp³-hybridized carbons (Fsp3) is 0.540.